The summed E-state index contributed by atoms with van der Waals surface area (Å²) < 4.78 is 8.30. The molecule has 1 aliphatic heterocycles. The molecule has 4 aromatic rings. The van der Waals surface area contributed by atoms with E-state index in [1.807, 2.05) is 36.4 Å². The first-order chi connectivity index (χ1) is 17.1. The molecule has 0 fully saturated rings. The maximum absolute atomic E-state index is 10.1. The van der Waals surface area contributed by atoms with Gasteiger partial charge >= 0.3 is 0 Å². The standard InChI is InChI=1S/C30H32N2O3/c1-22-28-20-26(34)12-15-29(28)32(30(22)24-8-10-25(33)11-9-24)21-23-6-13-27(14-7-23)35-19-18-31-16-4-2-3-5-17-31/h2-3,6-15,20,33-34H,4-5,16-19,21H2,1H3. The van der Waals surface area contributed by atoms with Crippen LogP contribution in [0, 0.1) is 6.92 Å². The molecule has 5 rings (SSSR count). The number of aromatic nitrogens is 1. The van der Waals surface area contributed by atoms with Gasteiger partial charge in [0, 0.05) is 37.1 Å². The van der Waals surface area contributed by atoms with Gasteiger partial charge in [0.25, 0.3) is 0 Å². The Bertz CT molecular complexity index is 1310. The van der Waals surface area contributed by atoms with Crippen molar-refractivity contribution >= 4 is 10.9 Å². The number of aryl methyl sites for hydroxylation is 1. The molecule has 0 amide bonds. The highest BCUT2D eigenvalue weighted by Gasteiger charge is 2.17. The highest BCUT2D eigenvalue weighted by Crippen LogP contribution is 2.36. The molecule has 35 heavy (non-hydrogen) atoms. The van der Waals surface area contributed by atoms with Crippen LogP contribution in [-0.4, -0.2) is 45.9 Å². The predicted octanol–water partition coefficient (Wildman–Crippen LogP) is 6.11. The summed E-state index contributed by atoms with van der Waals surface area (Å²) in [6.45, 7) is 6.61. The average Bonchev–Trinajstić information content (AvgIpc) is 3.01. The lowest BCUT2D eigenvalue weighted by atomic mass is 10.1. The third-order valence-electron chi connectivity index (χ3n) is 6.77. The molecule has 1 aromatic heterocycles. The van der Waals surface area contributed by atoms with E-state index in [4.69, 9.17) is 4.74 Å². The number of ether oxygens (including phenoxy) is 1. The summed E-state index contributed by atoms with van der Waals surface area (Å²) in [4.78, 5) is 2.45. The number of hydrogen-bond donors (Lipinski definition) is 2. The van der Waals surface area contributed by atoms with Crippen LogP contribution in [0.15, 0.2) is 78.9 Å². The van der Waals surface area contributed by atoms with Gasteiger partial charge in [-0.15, -0.1) is 0 Å². The average molecular weight is 469 g/mol. The summed E-state index contributed by atoms with van der Waals surface area (Å²) in [7, 11) is 0. The molecule has 0 spiro atoms. The Morgan fingerprint density at radius 1 is 0.829 bits per heavy atom. The number of hydrogen-bond acceptors (Lipinski definition) is 4. The van der Waals surface area contributed by atoms with E-state index in [2.05, 4.69) is 40.7 Å². The number of aromatic hydroxyl groups is 2. The Labute approximate surface area is 206 Å². The van der Waals surface area contributed by atoms with E-state index >= 15 is 0 Å². The van der Waals surface area contributed by atoms with Gasteiger partial charge in [0.05, 0.1) is 5.69 Å². The lowest BCUT2D eigenvalue weighted by molar-refractivity contribution is 0.216. The second kappa shape index (κ2) is 10.3. The van der Waals surface area contributed by atoms with Crippen LogP contribution < -0.4 is 4.74 Å². The van der Waals surface area contributed by atoms with Crippen LogP contribution in [0.5, 0.6) is 17.2 Å². The molecule has 5 nitrogen and oxygen atoms in total. The number of benzene rings is 3. The Morgan fingerprint density at radius 3 is 2.23 bits per heavy atom. The number of phenolic OH excluding ortho intramolecular Hbond substituents is 2. The number of phenols is 2. The molecule has 0 aliphatic carbocycles. The van der Waals surface area contributed by atoms with Crippen molar-refractivity contribution in [2.75, 3.05) is 26.2 Å². The summed E-state index contributed by atoms with van der Waals surface area (Å²) in [5.41, 5.74) is 5.44. The number of fused-ring (bicyclic) bond motifs is 1. The first kappa shape index (κ1) is 23.1. The minimum absolute atomic E-state index is 0.245. The topological polar surface area (TPSA) is 57.9 Å². The van der Waals surface area contributed by atoms with Gasteiger partial charge in [-0.1, -0.05) is 24.3 Å². The zero-order valence-electron chi connectivity index (χ0n) is 20.2. The molecule has 180 valence electrons. The van der Waals surface area contributed by atoms with Gasteiger partial charge < -0.3 is 19.5 Å². The third-order valence-corrected chi connectivity index (χ3v) is 6.77. The summed E-state index contributed by atoms with van der Waals surface area (Å²) in [5, 5.41) is 20.9. The van der Waals surface area contributed by atoms with E-state index in [1.165, 1.54) is 5.56 Å². The second-order valence-electron chi connectivity index (χ2n) is 9.19. The first-order valence-electron chi connectivity index (χ1n) is 12.3. The summed E-state index contributed by atoms with van der Waals surface area (Å²) in [5.74, 6) is 1.39. The zero-order chi connectivity index (χ0) is 24.2. The molecular weight excluding hydrogens is 436 g/mol. The first-order valence-corrected chi connectivity index (χ1v) is 12.3. The lowest BCUT2D eigenvalue weighted by Crippen LogP contribution is -2.29. The number of rotatable bonds is 7. The molecule has 0 atom stereocenters. The zero-order valence-corrected chi connectivity index (χ0v) is 20.2. The van der Waals surface area contributed by atoms with Crippen LogP contribution in [0.1, 0.15) is 24.0 Å². The Hall–Kier alpha value is -3.70. The molecule has 2 heterocycles. The second-order valence-corrected chi connectivity index (χ2v) is 9.19. The Morgan fingerprint density at radius 2 is 1.51 bits per heavy atom. The van der Waals surface area contributed by atoms with Crippen LogP contribution in [0.25, 0.3) is 22.2 Å². The third kappa shape index (κ3) is 5.20. The quantitative estimate of drug-likeness (QED) is 0.322. The molecule has 0 bridgehead atoms. The van der Waals surface area contributed by atoms with Crippen molar-refractivity contribution in [2.45, 2.75) is 26.3 Å². The fourth-order valence-corrected chi connectivity index (χ4v) is 4.92. The van der Waals surface area contributed by atoms with E-state index < -0.39 is 0 Å². The van der Waals surface area contributed by atoms with Gasteiger partial charge in [0.15, 0.2) is 0 Å². The number of nitrogens with zero attached hydrogens (tertiary/aromatic N) is 2. The van der Waals surface area contributed by atoms with Crippen LogP contribution in [0.4, 0.5) is 0 Å². The fourth-order valence-electron chi connectivity index (χ4n) is 4.92. The largest absolute Gasteiger partial charge is 0.508 e. The molecule has 1 aliphatic rings. The monoisotopic (exact) mass is 468 g/mol. The Kier molecular flexibility index (Phi) is 6.77. The van der Waals surface area contributed by atoms with Crippen molar-refractivity contribution in [1.82, 2.24) is 9.47 Å². The smallest absolute Gasteiger partial charge is 0.119 e. The molecule has 0 saturated heterocycles. The minimum Gasteiger partial charge on any atom is -0.508 e. The molecule has 0 radical (unpaired) electrons. The van der Waals surface area contributed by atoms with E-state index in [-0.39, 0.29) is 11.5 Å². The van der Waals surface area contributed by atoms with Gasteiger partial charge in [-0.3, -0.25) is 4.90 Å². The summed E-state index contributed by atoms with van der Waals surface area (Å²) in [6, 6.07) is 21.1. The van der Waals surface area contributed by atoms with Gasteiger partial charge in [0.2, 0.25) is 0 Å². The van der Waals surface area contributed by atoms with Crippen molar-refractivity contribution in [1.29, 1.82) is 0 Å². The van der Waals surface area contributed by atoms with Crippen molar-refractivity contribution in [3.8, 4) is 28.5 Å². The van der Waals surface area contributed by atoms with Gasteiger partial charge in [-0.05, 0) is 91.1 Å². The lowest BCUT2D eigenvalue weighted by Gasteiger charge is -2.19. The predicted molar refractivity (Wildman–Crippen MR) is 141 cm³/mol. The van der Waals surface area contributed by atoms with Crippen LogP contribution in [-0.2, 0) is 6.54 Å². The van der Waals surface area contributed by atoms with Gasteiger partial charge in [-0.25, -0.2) is 0 Å². The van der Waals surface area contributed by atoms with Gasteiger partial charge in [-0.2, -0.15) is 0 Å². The van der Waals surface area contributed by atoms with Gasteiger partial charge in [0.1, 0.15) is 23.9 Å². The maximum atomic E-state index is 10.1. The Balaban J connectivity index is 1.35. The molecule has 0 unspecified atom stereocenters. The van der Waals surface area contributed by atoms with Crippen molar-refractivity contribution in [2.24, 2.45) is 0 Å². The van der Waals surface area contributed by atoms with E-state index in [9.17, 15) is 10.2 Å². The van der Waals surface area contributed by atoms with Crippen LogP contribution in [0.2, 0.25) is 0 Å². The summed E-state index contributed by atoms with van der Waals surface area (Å²) >= 11 is 0. The SMILES string of the molecule is Cc1c(-c2ccc(O)cc2)n(Cc2ccc(OCCN3CCC=CCC3)cc2)c2ccc(O)cc12. The molecule has 5 heteroatoms. The normalized spacial score (nSPS) is 14.3. The molecule has 2 N–H and O–H groups in total. The maximum Gasteiger partial charge on any atom is 0.119 e. The summed E-state index contributed by atoms with van der Waals surface area (Å²) in [6.07, 6.45) is 6.78. The van der Waals surface area contributed by atoms with E-state index in [0.717, 1.165) is 65.9 Å². The van der Waals surface area contributed by atoms with E-state index in [1.54, 1.807) is 18.2 Å². The molecule has 0 saturated carbocycles. The van der Waals surface area contributed by atoms with Crippen molar-refractivity contribution in [3.05, 3.63) is 90.0 Å². The highest BCUT2D eigenvalue weighted by molar-refractivity contribution is 5.92. The molecule has 3 aromatic carbocycles. The van der Waals surface area contributed by atoms with Crippen molar-refractivity contribution in [3.63, 3.8) is 0 Å². The highest BCUT2D eigenvalue weighted by atomic mass is 16.5. The van der Waals surface area contributed by atoms with Crippen LogP contribution >= 0.6 is 0 Å². The molecular formula is C30H32N2O3. The van der Waals surface area contributed by atoms with Crippen molar-refractivity contribution < 1.29 is 14.9 Å². The minimum atomic E-state index is 0.245. The van der Waals surface area contributed by atoms with Crippen LogP contribution in [0.3, 0.4) is 0 Å². The fraction of sp³-hybridized carbons (Fsp3) is 0.267. The van der Waals surface area contributed by atoms with E-state index in [0.29, 0.717) is 13.2 Å².